The summed E-state index contributed by atoms with van der Waals surface area (Å²) in [5, 5.41) is 0. The maximum atomic E-state index is 13.1. The van der Waals surface area contributed by atoms with Gasteiger partial charge in [0.05, 0.1) is 4.90 Å². The predicted octanol–water partition coefficient (Wildman–Crippen LogP) is 1.57. The first-order valence-corrected chi connectivity index (χ1v) is 7.86. The monoisotopic (exact) mass is 286 g/mol. The fraction of sp³-hybridized carbons (Fsp3) is 0.538. The van der Waals surface area contributed by atoms with Gasteiger partial charge in [-0.1, -0.05) is 6.07 Å². The third-order valence-corrected chi connectivity index (χ3v) is 5.57. The lowest BCUT2D eigenvalue weighted by atomic mass is 9.92. The van der Waals surface area contributed by atoms with Crippen molar-refractivity contribution in [2.45, 2.75) is 30.7 Å². The van der Waals surface area contributed by atoms with E-state index in [2.05, 4.69) is 0 Å². The van der Waals surface area contributed by atoms with E-state index >= 15 is 0 Å². The fourth-order valence-electron chi connectivity index (χ4n) is 2.42. The van der Waals surface area contributed by atoms with Gasteiger partial charge >= 0.3 is 0 Å². The Labute approximate surface area is 113 Å². The average Bonchev–Trinajstić information content (AvgIpc) is 2.39. The number of hydrogen-bond acceptors (Lipinski definition) is 3. The average molecular weight is 286 g/mol. The molecule has 1 aliphatic heterocycles. The third-order valence-electron chi connectivity index (χ3n) is 3.68. The molecule has 0 aromatic heterocycles. The largest absolute Gasteiger partial charge is 0.328 e. The molecule has 0 radical (unpaired) electrons. The Balaban J connectivity index is 2.14. The SMILES string of the molecule is CC(N)C1CCN(S(=O)(=O)c2cccc(F)c2)CC1. The fourth-order valence-corrected chi connectivity index (χ4v) is 3.92. The maximum Gasteiger partial charge on any atom is 0.243 e. The van der Waals surface area contributed by atoms with Gasteiger partial charge in [0.2, 0.25) is 10.0 Å². The van der Waals surface area contributed by atoms with Crippen LogP contribution in [0, 0.1) is 11.7 Å². The van der Waals surface area contributed by atoms with E-state index in [1.165, 1.54) is 22.5 Å². The molecule has 1 aromatic carbocycles. The minimum atomic E-state index is -3.58. The molecular weight excluding hydrogens is 267 g/mol. The van der Waals surface area contributed by atoms with Crippen molar-refractivity contribution < 1.29 is 12.8 Å². The van der Waals surface area contributed by atoms with Crippen molar-refractivity contribution in [2.24, 2.45) is 11.7 Å². The second-order valence-electron chi connectivity index (χ2n) is 5.06. The van der Waals surface area contributed by atoms with Crippen molar-refractivity contribution in [1.29, 1.82) is 0 Å². The molecule has 19 heavy (non-hydrogen) atoms. The Hall–Kier alpha value is -0.980. The Morgan fingerprint density at radius 1 is 1.37 bits per heavy atom. The molecule has 0 amide bonds. The molecule has 1 unspecified atom stereocenters. The quantitative estimate of drug-likeness (QED) is 0.917. The lowest BCUT2D eigenvalue weighted by Gasteiger charge is -2.32. The molecule has 1 fully saturated rings. The summed E-state index contributed by atoms with van der Waals surface area (Å²) in [7, 11) is -3.58. The van der Waals surface area contributed by atoms with Crippen LogP contribution in [0.15, 0.2) is 29.2 Å². The smallest absolute Gasteiger partial charge is 0.243 e. The molecule has 6 heteroatoms. The van der Waals surface area contributed by atoms with Crippen LogP contribution in [-0.4, -0.2) is 31.9 Å². The highest BCUT2D eigenvalue weighted by Crippen LogP contribution is 2.25. The van der Waals surface area contributed by atoms with Crippen molar-refractivity contribution in [1.82, 2.24) is 4.31 Å². The zero-order valence-electron chi connectivity index (χ0n) is 10.9. The summed E-state index contributed by atoms with van der Waals surface area (Å²) in [4.78, 5) is 0.0201. The van der Waals surface area contributed by atoms with Gasteiger partial charge in [-0.3, -0.25) is 0 Å². The van der Waals surface area contributed by atoms with E-state index in [9.17, 15) is 12.8 Å². The molecule has 0 saturated carbocycles. The van der Waals surface area contributed by atoms with Gasteiger partial charge in [-0.15, -0.1) is 0 Å². The number of halogens is 1. The van der Waals surface area contributed by atoms with Crippen molar-refractivity contribution in [3.8, 4) is 0 Å². The summed E-state index contributed by atoms with van der Waals surface area (Å²) >= 11 is 0. The van der Waals surface area contributed by atoms with Crippen LogP contribution in [0.25, 0.3) is 0 Å². The van der Waals surface area contributed by atoms with Crippen LogP contribution in [0.3, 0.4) is 0 Å². The number of nitrogens with zero attached hydrogens (tertiary/aromatic N) is 1. The minimum absolute atomic E-state index is 0.0201. The molecule has 1 heterocycles. The molecule has 1 saturated heterocycles. The first-order valence-electron chi connectivity index (χ1n) is 6.42. The molecule has 106 valence electrons. The van der Waals surface area contributed by atoms with E-state index in [0.717, 1.165) is 18.9 Å². The molecule has 1 aromatic rings. The van der Waals surface area contributed by atoms with Gasteiger partial charge in [0.1, 0.15) is 5.82 Å². The molecule has 1 aliphatic rings. The summed E-state index contributed by atoms with van der Waals surface area (Å²) in [5.41, 5.74) is 5.84. The van der Waals surface area contributed by atoms with Crippen LogP contribution in [0.5, 0.6) is 0 Å². The lowest BCUT2D eigenvalue weighted by molar-refractivity contribution is 0.250. The number of nitrogens with two attached hydrogens (primary N) is 1. The Kier molecular flexibility index (Phi) is 4.23. The van der Waals surface area contributed by atoms with Gasteiger partial charge < -0.3 is 5.73 Å². The summed E-state index contributed by atoms with van der Waals surface area (Å²) < 4.78 is 39.2. The Morgan fingerprint density at radius 3 is 2.53 bits per heavy atom. The van der Waals surface area contributed by atoms with E-state index < -0.39 is 15.8 Å². The highest BCUT2D eigenvalue weighted by atomic mass is 32.2. The summed E-state index contributed by atoms with van der Waals surface area (Å²) in [6, 6.07) is 5.22. The zero-order valence-corrected chi connectivity index (χ0v) is 11.7. The molecule has 0 bridgehead atoms. The second kappa shape index (κ2) is 5.56. The molecule has 1 atom stereocenters. The van der Waals surface area contributed by atoms with Gasteiger partial charge in [-0.05, 0) is 43.9 Å². The van der Waals surface area contributed by atoms with Crippen LogP contribution in [0.1, 0.15) is 19.8 Å². The Morgan fingerprint density at radius 2 is 2.00 bits per heavy atom. The summed E-state index contributed by atoms with van der Waals surface area (Å²) in [6.45, 7) is 2.84. The van der Waals surface area contributed by atoms with Gasteiger partial charge in [0, 0.05) is 19.1 Å². The number of benzene rings is 1. The van der Waals surface area contributed by atoms with E-state index in [1.807, 2.05) is 6.92 Å². The summed E-state index contributed by atoms with van der Waals surface area (Å²) in [5.74, 6) is -0.175. The van der Waals surface area contributed by atoms with E-state index in [1.54, 1.807) is 0 Å². The van der Waals surface area contributed by atoms with Crippen LogP contribution >= 0.6 is 0 Å². The number of sulfonamides is 1. The lowest BCUT2D eigenvalue weighted by Crippen LogP contribution is -2.42. The topological polar surface area (TPSA) is 63.4 Å². The first kappa shape index (κ1) is 14.4. The highest BCUT2D eigenvalue weighted by molar-refractivity contribution is 7.89. The van der Waals surface area contributed by atoms with Crippen molar-refractivity contribution in [2.75, 3.05) is 13.1 Å². The van der Waals surface area contributed by atoms with Crippen LogP contribution in [0.4, 0.5) is 4.39 Å². The highest BCUT2D eigenvalue weighted by Gasteiger charge is 2.30. The van der Waals surface area contributed by atoms with Gasteiger partial charge in [0.25, 0.3) is 0 Å². The molecule has 2 N–H and O–H groups in total. The van der Waals surface area contributed by atoms with Gasteiger partial charge in [-0.2, -0.15) is 4.31 Å². The van der Waals surface area contributed by atoms with E-state index in [-0.39, 0.29) is 10.9 Å². The molecule has 4 nitrogen and oxygen atoms in total. The van der Waals surface area contributed by atoms with Crippen LogP contribution in [-0.2, 0) is 10.0 Å². The third kappa shape index (κ3) is 3.13. The predicted molar refractivity (Wildman–Crippen MR) is 71.5 cm³/mol. The first-order chi connectivity index (χ1) is 8.91. The van der Waals surface area contributed by atoms with Crippen LogP contribution in [0.2, 0.25) is 0 Å². The number of hydrogen-bond donors (Lipinski definition) is 1. The van der Waals surface area contributed by atoms with Crippen molar-refractivity contribution in [3.05, 3.63) is 30.1 Å². The van der Waals surface area contributed by atoms with E-state index in [4.69, 9.17) is 5.73 Å². The molecule has 0 aliphatic carbocycles. The summed E-state index contributed by atoms with van der Waals surface area (Å²) in [6.07, 6.45) is 1.51. The standard InChI is InChI=1S/C13H19FN2O2S/c1-10(15)11-5-7-16(8-6-11)19(17,18)13-4-2-3-12(14)9-13/h2-4,9-11H,5-8,15H2,1H3. The molecule has 0 spiro atoms. The van der Waals surface area contributed by atoms with Crippen LogP contribution < -0.4 is 5.73 Å². The second-order valence-corrected chi connectivity index (χ2v) is 7.00. The number of piperidine rings is 1. The molecular formula is C13H19FN2O2S. The van der Waals surface area contributed by atoms with Crippen molar-refractivity contribution in [3.63, 3.8) is 0 Å². The Bertz CT molecular complexity index is 537. The normalized spacial score (nSPS) is 20.4. The minimum Gasteiger partial charge on any atom is -0.328 e. The van der Waals surface area contributed by atoms with Gasteiger partial charge in [-0.25, -0.2) is 12.8 Å². The van der Waals surface area contributed by atoms with Crippen molar-refractivity contribution >= 4 is 10.0 Å². The van der Waals surface area contributed by atoms with Gasteiger partial charge in [0.15, 0.2) is 0 Å². The number of rotatable bonds is 3. The van der Waals surface area contributed by atoms with E-state index in [0.29, 0.717) is 19.0 Å². The molecule has 2 rings (SSSR count). The zero-order chi connectivity index (χ0) is 14.0. The maximum absolute atomic E-state index is 13.1.